The maximum atomic E-state index is 12.0. The monoisotopic (exact) mass is 288 g/mol. The highest BCUT2D eigenvalue weighted by Crippen LogP contribution is 2.28. The average molecular weight is 288 g/mol. The molecule has 1 heterocycles. The normalized spacial score (nSPS) is 15.5. The molecule has 1 fully saturated rings. The summed E-state index contributed by atoms with van der Waals surface area (Å²) in [6, 6.07) is 0. The van der Waals surface area contributed by atoms with Crippen LogP contribution in [0.1, 0.15) is 24.3 Å². The van der Waals surface area contributed by atoms with E-state index in [0.717, 1.165) is 12.8 Å². The van der Waals surface area contributed by atoms with Crippen LogP contribution in [-0.4, -0.2) is 32.7 Å². The molecule has 0 atom stereocenters. The van der Waals surface area contributed by atoms with Crippen LogP contribution in [0.2, 0.25) is 0 Å². The van der Waals surface area contributed by atoms with Gasteiger partial charge >= 0.3 is 0 Å². The first-order chi connectivity index (χ1) is 8.90. The number of aryl methyl sites for hydroxylation is 2. The molecule has 106 valence electrons. The molecule has 1 aromatic rings. The predicted octanol–water partition coefficient (Wildman–Crippen LogP) is 0.523. The van der Waals surface area contributed by atoms with Crippen molar-refractivity contribution in [1.82, 2.24) is 9.88 Å². The number of hydrogen-bond donors (Lipinski definition) is 1. The Morgan fingerprint density at radius 3 is 2.68 bits per heavy atom. The van der Waals surface area contributed by atoms with Crippen molar-refractivity contribution in [2.24, 2.45) is 5.92 Å². The van der Waals surface area contributed by atoms with Gasteiger partial charge in [0.2, 0.25) is 0 Å². The van der Waals surface area contributed by atoms with Gasteiger partial charge in [-0.1, -0.05) is 5.16 Å². The second-order valence-corrected chi connectivity index (χ2v) is 6.26. The molecule has 1 aliphatic rings. The topological polar surface area (TPSA) is 98.5 Å². The number of ether oxygens (including phenoxy) is 1. The van der Waals surface area contributed by atoms with E-state index in [-0.39, 0.29) is 23.0 Å². The summed E-state index contributed by atoms with van der Waals surface area (Å²) >= 11 is 0. The van der Waals surface area contributed by atoms with E-state index in [0.29, 0.717) is 12.5 Å². The Morgan fingerprint density at radius 2 is 2.16 bits per heavy atom. The Bertz CT molecular complexity index is 554. The number of nitrogens with zero attached hydrogens (tertiary/aromatic N) is 1. The predicted molar refractivity (Wildman–Crippen MR) is 64.8 cm³/mol. The van der Waals surface area contributed by atoms with E-state index in [1.165, 1.54) is 13.8 Å². The molecule has 0 aliphatic heterocycles. The van der Waals surface area contributed by atoms with Crippen LogP contribution in [0.3, 0.4) is 0 Å². The van der Waals surface area contributed by atoms with Crippen LogP contribution in [0.15, 0.2) is 9.42 Å². The van der Waals surface area contributed by atoms with E-state index in [1.807, 2.05) is 4.72 Å². The van der Waals surface area contributed by atoms with Crippen molar-refractivity contribution in [1.29, 1.82) is 0 Å². The number of sulfonamides is 1. The standard InChI is InChI=1S/C11H16N2O5S/c1-7-11(8(2)18-12-7)19(15,16)13-10(14)6-17-5-9-3-4-9/h9H,3-6H2,1-2H3,(H,13,14). The second kappa shape index (κ2) is 5.30. The minimum Gasteiger partial charge on any atom is -0.371 e. The molecule has 1 aromatic heterocycles. The lowest BCUT2D eigenvalue weighted by Crippen LogP contribution is -2.34. The third-order valence-corrected chi connectivity index (χ3v) is 4.39. The number of carbonyl (C=O) groups excluding carboxylic acids is 1. The van der Waals surface area contributed by atoms with Crippen molar-refractivity contribution in [2.45, 2.75) is 31.6 Å². The summed E-state index contributed by atoms with van der Waals surface area (Å²) in [7, 11) is -3.95. The highest BCUT2D eigenvalue weighted by molar-refractivity contribution is 7.90. The molecule has 8 heteroatoms. The summed E-state index contributed by atoms with van der Waals surface area (Å²) < 4.78 is 35.8. The first-order valence-corrected chi connectivity index (χ1v) is 7.44. The van der Waals surface area contributed by atoms with Gasteiger partial charge in [0.15, 0.2) is 10.7 Å². The SMILES string of the molecule is Cc1noc(C)c1S(=O)(=O)NC(=O)COCC1CC1. The van der Waals surface area contributed by atoms with Crippen molar-refractivity contribution in [3.63, 3.8) is 0 Å². The van der Waals surface area contributed by atoms with Crippen LogP contribution in [0.5, 0.6) is 0 Å². The summed E-state index contributed by atoms with van der Waals surface area (Å²) in [5.74, 6) is -0.0238. The van der Waals surface area contributed by atoms with Crippen molar-refractivity contribution in [3.05, 3.63) is 11.5 Å². The Hall–Kier alpha value is -1.41. The first kappa shape index (κ1) is 14.0. The van der Waals surface area contributed by atoms with Gasteiger partial charge in [-0.25, -0.2) is 13.1 Å². The highest BCUT2D eigenvalue weighted by Gasteiger charge is 2.26. The van der Waals surface area contributed by atoms with Gasteiger partial charge in [0.05, 0.1) is 6.61 Å². The number of rotatable bonds is 6. The lowest BCUT2D eigenvalue weighted by atomic mass is 10.4. The molecule has 1 aliphatic carbocycles. The van der Waals surface area contributed by atoms with Crippen LogP contribution in [-0.2, 0) is 19.6 Å². The summed E-state index contributed by atoms with van der Waals surface area (Å²) in [5, 5.41) is 3.55. The van der Waals surface area contributed by atoms with Crippen LogP contribution in [0.4, 0.5) is 0 Å². The molecule has 19 heavy (non-hydrogen) atoms. The molecule has 1 amide bonds. The van der Waals surface area contributed by atoms with E-state index in [4.69, 9.17) is 9.26 Å². The summed E-state index contributed by atoms with van der Waals surface area (Å²) in [6.45, 7) is 3.21. The minimum absolute atomic E-state index is 0.0944. The van der Waals surface area contributed by atoms with Crippen LogP contribution in [0.25, 0.3) is 0 Å². The molecule has 1 saturated carbocycles. The van der Waals surface area contributed by atoms with Crippen LogP contribution in [0, 0.1) is 19.8 Å². The highest BCUT2D eigenvalue weighted by atomic mass is 32.2. The fourth-order valence-electron chi connectivity index (χ4n) is 1.69. The molecule has 0 bridgehead atoms. The average Bonchev–Trinajstić information content (AvgIpc) is 3.03. The summed E-state index contributed by atoms with van der Waals surface area (Å²) in [5.41, 5.74) is 0.219. The minimum atomic E-state index is -3.95. The van der Waals surface area contributed by atoms with E-state index >= 15 is 0 Å². The third-order valence-electron chi connectivity index (χ3n) is 2.77. The van der Waals surface area contributed by atoms with Crippen molar-refractivity contribution >= 4 is 15.9 Å². The largest absolute Gasteiger partial charge is 0.371 e. The second-order valence-electron chi connectivity index (χ2n) is 4.64. The zero-order valence-corrected chi connectivity index (χ0v) is 11.6. The zero-order chi connectivity index (χ0) is 14.0. The Balaban J connectivity index is 1.94. The fraction of sp³-hybridized carbons (Fsp3) is 0.636. The molecular weight excluding hydrogens is 272 g/mol. The van der Waals surface area contributed by atoms with E-state index in [2.05, 4.69) is 5.16 Å². The maximum absolute atomic E-state index is 12.0. The van der Waals surface area contributed by atoms with E-state index < -0.39 is 15.9 Å². The molecule has 0 spiro atoms. The van der Waals surface area contributed by atoms with Crippen LogP contribution < -0.4 is 4.72 Å². The van der Waals surface area contributed by atoms with E-state index in [1.54, 1.807) is 0 Å². The quantitative estimate of drug-likeness (QED) is 0.819. The summed E-state index contributed by atoms with van der Waals surface area (Å²) in [6.07, 6.45) is 2.22. The van der Waals surface area contributed by atoms with Gasteiger partial charge in [-0.2, -0.15) is 0 Å². The Morgan fingerprint density at radius 1 is 1.47 bits per heavy atom. The number of aromatic nitrogens is 1. The van der Waals surface area contributed by atoms with Gasteiger partial charge in [-0.15, -0.1) is 0 Å². The van der Waals surface area contributed by atoms with Crippen molar-refractivity contribution in [3.8, 4) is 0 Å². The number of carbonyl (C=O) groups is 1. The van der Waals surface area contributed by atoms with Gasteiger partial charge in [-0.3, -0.25) is 4.79 Å². The molecule has 0 radical (unpaired) electrons. The zero-order valence-electron chi connectivity index (χ0n) is 10.8. The lowest BCUT2D eigenvalue weighted by molar-refractivity contribution is -0.124. The molecular formula is C11H16N2O5S. The van der Waals surface area contributed by atoms with Gasteiger partial charge in [0, 0.05) is 0 Å². The number of amides is 1. The van der Waals surface area contributed by atoms with Gasteiger partial charge < -0.3 is 9.26 Å². The molecule has 7 nitrogen and oxygen atoms in total. The molecule has 0 unspecified atom stereocenters. The Kier molecular flexibility index (Phi) is 3.91. The van der Waals surface area contributed by atoms with Gasteiger partial charge in [-0.05, 0) is 32.6 Å². The van der Waals surface area contributed by atoms with Gasteiger partial charge in [0.1, 0.15) is 12.3 Å². The fourth-order valence-corrected chi connectivity index (χ4v) is 2.99. The maximum Gasteiger partial charge on any atom is 0.269 e. The third kappa shape index (κ3) is 3.54. The number of nitrogens with one attached hydrogen (secondary N) is 1. The van der Waals surface area contributed by atoms with E-state index in [9.17, 15) is 13.2 Å². The lowest BCUT2D eigenvalue weighted by Gasteiger charge is -2.06. The van der Waals surface area contributed by atoms with Crippen molar-refractivity contribution < 1.29 is 22.5 Å². The van der Waals surface area contributed by atoms with Crippen molar-refractivity contribution in [2.75, 3.05) is 13.2 Å². The molecule has 1 N–H and O–H groups in total. The molecule has 0 aromatic carbocycles. The summed E-state index contributed by atoms with van der Waals surface area (Å²) in [4.78, 5) is 11.4. The first-order valence-electron chi connectivity index (χ1n) is 5.96. The molecule has 0 saturated heterocycles. The van der Waals surface area contributed by atoms with Crippen LogP contribution >= 0.6 is 0 Å². The van der Waals surface area contributed by atoms with Gasteiger partial charge in [0.25, 0.3) is 15.9 Å². The smallest absolute Gasteiger partial charge is 0.269 e. The molecule has 2 rings (SSSR count). The Labute approximate surface area is 111 Å². The number of hydrogen-bond acceptors (Lipinski definition) is 6.